The summed E-state index contributed by atoms with van der Waals surface area (Å²) in [5, 5.41) is 8.97. The molecule has 154 valence electrons. The Balaban J connectivity index is 1.25. The van der Waals surface area contributed by atoms with Crippen LogP contribution in [0.5, 0.6) is 5.75 Å². The molecule has 0 aliphatic rings. The van der Waals surface area contributed by atoms with Gasteiger partial charge in [-0.2, -0.15) is 10.1 Å². The van der Waals surface area contributed by atoms with Crippen LogP contribution in [-0.2, 0) is 0 Å². The van der Waals surface area contributed by atoms with E-state index in [2.05, 4.69) is 25.4 Å². The van der Waals surface area contributed by atoms with Crippen LogP contribution in [0.25, 0.3) is 27.6 Å². The Bertz CT molecular complexity index is 1390. The summed E-state index contributed by atoms with van der Waals surface area (Å²) in [6, 6.07) is 19.4. The number of ether oxygens (including phenoxy) is 1. The molecule has 0 spiro atoms. The predicted molar refractivity (Wildman–Crippen MR) is 120 cm³/mol. The summed E-state index contributed by atoms with van der Waals surface area (Å²) in [7, 11) is 0. The molecule has 0 aliphatic carbocycles. The molecule has 5 aromatic rings. The third kappa shape index (κ3) is 3.83. The second-order valence-electron chi connectivity index (χ2n) is 7.00. The highest BCUT2D eigenvalue weighted by Gasteiger charge is 2.11. The maximum Gasteiger partial charge on any atom is 0.263 e. The number of hydrogen-bond acceptors (Lipinski definition) is 6. The van der Waals surface area contributed by atoms with E-state index in [0.29, 0.717) is 30.1 Å². The molecule has 3 heterocycles. The first-order valence-electron chi connectivity index (χ1n) is 10.0. The third-order valence-electron chi connectivity index (χ3n) is 4.91. The molecule has 8 nitrogen and oxygen atoms in total. The number of anilines is 1. The van der Waals surface area contributed by atoms with Crippen molar-refractivity contribution in [2.75, 3.05) is 18.5 Å². The highest BCUT2D eigenvalue weighted by Crippen LogP contribution is 2.23. The minimum absolute atomic E-state index is 0.229. The average molecular weight is 412 g/mol. The largest absolute Gasteiger partial charge is 0.491 e. The van der Waals surface area contributed by atoms with Crippen molar-refractivity contribution in [1.29, 1.82) is 0 Å². The van der Waals surface area contributed by atoms with Gasteiger partial charge in [0.1, 0.15) is 16.7 Å². The monoisotopic (exact) mass is 412 g/mol. The van der Waals surface area contributed by atoms with Gasteiger partial charge in [0.05, 0.1) is 18.5 Å². The Kier molecular flexibility index (Phi) is 5.02. The zero-order valence-corrected chi connectivity index (χ0v) is 16.7. The van der Waals surface area contributed by atoms with Crippen LogP contribution in [0, 0.1) is 0 Å². The van der Waals surface area contributed by atoms with Crippen molar-refractivity contribution in [3.8, 4) is 11.4 Å². The zero-order valence-electron chi connectivity index (χ0n) is 16.7. The first-order chi connectivity index (χ1) is 15.3. The molecule has 2 aromatic carbocycles. The minimum atomic E-state index is -0.229. The van der Waals surface area contributed by atoms with Gasteiger partial charge in [-0.05, 0) is 30.7 Å². The van der Waals surface area contributed by atoms with Gasteiger partial charge in [0.15, 0.2) is 5.65 Å². The predicted octanol–water partition coefficient (Wildman–Crippen LogP) is 3.54. The van der Waals surface area contributed by atoms with E-state index in [1.807, 2.05) is 60.7 Å². The molecule has 2 N–H and O–H groups in total. The minimum Gasteiger partial charge on any atom is -0.491 e. The Morgan fingerprint density at radius 3 is 2.81 bits per heavy atom. The van der Waals surface area contributed by atoms with Crippen LogP contribution in [-0.4, -0.2) is 37.9 Å². The molecule has 0 amide bonds. The van der Waals surface area contributed by atoms with Crippen molar-refractivity contribution >= 4 is 27.9 Å². The van der Waals surface area contributed by atoms with Gasteiger partial charge in [0.25, 0.3) is 5.56 Å². The molecule has 0 saturated carbocycles. The maximum absolute atomic E-state index is 12.4. The lowest BCUT2D eigenvalue weighted by atomic mass is 10.2. The van der Waals surface area contributed by atoms with E-state index in [-0.39, 0.29) is 5.56 Å². The Labute approximate surface area is 177 Å². The fraction of sp³-hybridized carbons (Fsp3) is 0.130. The smallest absolute Gasteiger partial charge is 0.263 e. The van der Waals surface area contributed by atoms with Gasteiger partial charge in [0.2, 0.25) is 5.95 Å². The molecule has 0 unspecified atom stereocenters. The molecule has 0 atom stereocenters. The number of para-hydroxylation sites is 2. The van der Waals surface area contributed by atoms with Crippen LogP contribution in [0.3, 0.4) is 0 Å². The SMILES string of the molecule is O=c1[nH]c(NCCCOc2cccc3cccnc23)nc2c1cnn2-c1ccccc1. The van der Waals surface area contributed by atoms with E-state index in [4.69, 9.17) is 4.74 Å². The van der Waals surface area contributed by atoms with Crippen LogP contribution < -0.4 is 15.6 Å². The van der Waals surface area contributed by atoms with Gasteiger partial charge in [-0.25, -0.2) is 4.68 Å². The zero-order chi connectivity index (χ0) is 21.0. The van der Waals surface area contributed by atoms with Gasteiger partial charge in [-0.1, -0.05) is 36.4 Å². The summed E-state index contributed by atoms with van der Waals surface area (Å²) in [4.78, 5) is 24.1. The topological polar surface area (TPSA) is 97.7 Å². The lowest BCUT2D eigenvalue weighted by Crippen LogP contribution is -2.15. The lowest BCUT2D eigenvalue weighted by Gasteiger charge is -2.09. The Morgan fingerprint density at radius 2 is 1.90 bits per heavy atom. The van der Waals surface area contributed by atoms with E-state index in [1.165, 1.54) is 6.20 Å². The quantitative estimate of drug-likeness (QED) is 0.397. The molecule has 0 saturated heterocycles. The van der Waals surface area contributed by atoms with Crippen molar-refractivity contribution in [2.45, 2.75) is 6.42 Å². The molecule has 0 radical (unpaired) electrons. The lowest BCUT2D eigenvalue weighted by molar-refractivity contribution is 0.318. The molecule has 3 aromatic heterocycles. The fourth-order valence-electron chi connectivity index (χ4n) is 3.41. The highest BCUT2D eigenvalue weighted by molar-refractivity contribution is 5.84. The molecule has 8 heteroatoms. The molecule has 0 aliphatic heterocycles. The van der Waals surface area contributed by atoms with E-state index < -0.39 is 0 Å². The van der Waals surface area contributed by atoms with Gasteiger partial charge >= 0.3 is 0 Å². The Hall–Kier alpha value is -4.20. The third-order valence-corrected chi connectivity index (χ3v) is 4.91. The van der Waals surface area contributed by atoms with Gasteiger partial charge in [-0.3, -0.25) is 14.8 Å². The van der Waals surface area contributed by atoms with Crippen molar-refractivity contribution in [1.82, 2.24) is 24.7 Å². The summed E-state index contributed by atoms with van der Waals surface area (Å²) >= 11 is 0. The fourth-order valence-corrected chi connectivity index (χ4v) is 3.41. The molecule has 0 bridgehead atoms. The number of H-pyrrole nitrogens is 1. The number of hydrogen-bond donors (Lipinski definition) is 2. The standard InChI is InChI=1S/C23H20N6O2/c30-22-18-15-26-29(17-9-2-1-3-10-17)21(18)27-23(28-22)25-13-6-14-31-19-11-4-7-16-8-5-12-24-20(16)19/h1-5,7-12,15H,6,13-14H2,(H2,25,27,28,30). The average Bonchev–Trinajstić information content (AvgIpc) is 3.24. The molecular weight excluding hydrogens is 392 g/mol. The van der Waals surface area contributed by atoms with Crippen molar-refractivity contribution < 1.29 is 4.74 Å². The summed E-state index contributed by atoms with van der Waals surface area (Å²) < 4.78 is 7.57. The Morgan fingerprint density at radius 1 is 1.03 bits per heavy atom. The van der Waals surface area contributed by atoms with E-state index >= 15 is 0 Å². The van der Waals surface area contributed by atoms with Crippen LogP contribution in [0.15, 0.2) is 77.9 Å². The summed E-state index contributed by atoms with van der Waals surface area (Å²) in [6.45, 7) is 1.10. The van der Waals surface area contributed by atoms with Crippen molar-refractivity contribution in [2.24, 2.45) is 0 Å². The van der Waals surface area contributed by atoms with E-state index in [9.17, 15) is 4.79 Å². The number of fused-ring (bicyclic) bond motifs is 2. The second-order valence-corrected chi connectivity index (χ2v) is 7.00. The second kappa shape index (κ2) is 8.27. The summed E-state index contributed by atoms with van der Waals surface area (Å²) in [6.07, 6.45) is 4.02. The number of aromatic nitrogens is 5. The van der Waals surface area contributed by atoms with Crippen LogP contribution in [0.1, 0.15) is 6.42 Å². The molecule has 0 fully saturated rings. The number of benzene rings is 2. The van der Waals surface area contributed by atoms with Crippen LogP contribution in [0.4, 0.5) is 5.95 Å². The number of nitrogens with one attached hydrogen (secondary N) is 2. The normalized spacial score (nSPS) is 11.1. The number of nitrogens with zero attached hydrogens (tertiary/aromatic N) is 4. The van der Waals surface area contributed by atoms with Crippen molar-refractivity contribution in [3.05, 3.63) is 83.4 Å². The van der Waals surface area contributed by atoms with Crippen molar-refractivity contribution in [3.63, 3.8) is 0 Å². The summed E-state index contributed by atoms with van der Waals surface area (Å²) in [5.74, 6) is 1.17. The highest BCUT2D eigenvalue weighted by atomic mass is 16.5. The molecular formula is C23H20N6O2. The summed E-state index contributed by atoms with van der Waals surface area (Å²) in [5.41, 5.74) is 1.98. The number of aromatic amines is 1. The van der Waals surface area contributed by atoms with Gasteiger partial charge in [0, 0.05) is 18.1 Å². The molecule has 5 rings (SSSR count). The first-order valence-corrected chi connectivity index (χ1v) is 10.0. The van der Waals surface area contributed by atoms with Gasteiger partial charge in [-0.15, -0.1) is 0 Å². The van der Waals surface area contributed by atoms with Crippen LogP contribution in [0.2, 0.25) is 0 Å². The maximum atomic E-state index is 12.4. The number of rotatable bonds is 7. The van der Waals surface area contributed by atoms with Crippen LogP contribution >= 0.6 is 0 Å². The number of pyridine rings is 1. The van der Waals surface area contributed by atoms with E-state index in [1.54, 1.807) is 10.9 Å². The van der Waals surface area contributed by atoms with E-state index in [0.717, 1.165) is 28.8 Å². The first kappa shape index (κ1) is 18.8. The van der Waals surface area contributed by atoms with Gasteiger partial charge < -0.3 is 10.1 Å². The molecule has 31 heavy (non-hydrogen) atoms.